The summed E-state index contributed by atoms with van der Waals surface area (Å²) < 4.78 is 0. The summed E-state index contributed by atoms with van der Waals surface area (Å²) in [5.41, 5.74) is 1.57. The second-order valence-electron chi connectivity index (χ2n) is 8.24. The first kappa shape index (κ1) is 20.7. The number of amides is 1. The highest BCUT2D eigenvalue weighted by Gasteiger charge is 2.39. The van der Waals surface area contributed by atoms with E-state index in [2.05, 4.69) is 10.2 Å². The molecule has 4 rings (SSSR count). The molecule has 0 saturated carbocycles. The van der Waals surface area contributed by atoms with Gasteiger partial charge < -0.3 is 10.4 Å². The predicted molar refractivity (Wildman–Crippen MR) is 117 cm³/mol. The summed E-state index contributed by atoms with van der Waals surface area (Å²) in [7, 11) is 0. The van der Waals surface area contributed by atoms with Crippen molar-refractivity contribution < 1.29 is 14.7 Å². The number of carbonyl (C=O) groups is 2. The van der Waals surface area contributed by atoms with Crippen LogP contribution in [0.3, 0.4) is 0 Å². The van der Waals surface area contributed by atoms with Gasteiger partial charge in [-0.25, -0.2) is 0 Å². The molecule has 2 saturated heterocycles. The Kier molecular flexibility index (Phi) is 6.27. The highest BCUT2D eigenvalue weighted by molar-refractivity contribution is 6.14. The number of carbonyl (C=O) groups excluding carboxylic acids is 2. The van der Waals surface area contributed by atoms with Crippen LogP contribution in [-0.4, -0.2) is 71.0 Å². The number of benzene rings is 2. The van der Waals surface area contributed by atoms with Crippen LogP contribution in [0.25, 0.3) is 0 Å². The van der Waals surface area contributed by atoms with Crippen LogP contribution in [0.4, 0.5) is 5.69 Å². The van der Waals surface area contributed by atoms with E-state index in [0.29, 0.717) is 29.9 Å². The van der Waals surface area contributed by atoms with Crippen molar-refractivity contribution in [1.29, 1.82) is 0 Å². The maximum atomic E-state index is 13.0. The van der Waals surface area contributed by atoms with Crippen molar-refractivity contribution in [2.24, 2.45) is 0 Å². The van der Waals surface area contributed by atoms with Gasteiger partial charge in [-0.1, -0.05) is 42.5 Å². The summed E-state index contributed by atoms with van der Waals surface area (Å²) in [4.78, 5) is 30.3. The maximum absolute atomic E-state index is 13.0. The fourth-order valence-electron chi connectivity index (χ4n) is 4.48. The zero-order valence-electron chi connectivity index (χ0n) is 17.3. The first-order valence-electron chi connectivity index (χ1n) is 10.7. The molecule has 2 aliphatic rings. The molecule has 30 heavy (non-hydrogen) atoms. The minimum atomic E-state index is -0.440. The smallest absolute Gasteiger partial charge is 0.241 e. The number of rotatable bonds is 6. The summed E-state index contributed by atoms with van der Waals surface area (Å²) in [6.07, 6.45) is 1.90. The largest absolute Gasteiger partial charge is 0.390 e. The van der Waals surface area contributed by atoms with Crippen molar-refractivity contribution in [1.82, 2.24) is 9.80 Å². The van der Waals surface area contributed by atoms with E-state index in [0.717, 1.165) is 13.1 Å². The molecule has 2 heterocycles. The number of nitrogens with one attached hydrogen (secondary N) is 1. The second-order valence-corrected chi connectivity index (χ2v) is 8.24. The third kappa shape index (κ3) is 4.31. The van der Waals surface area contributed by atoms with Gasteiger partial charge in [0.15, 0.2) is 5.78 Å². The molecule has 6 nitrogen and oxygen atoms in total. The summed E-state index contributed by atoms with van der Waals surface area (Å²) in [6, 6.07) is 15.9. The topological polar surface area (TPSA) is 72.9 Å². The second kappa shape index (κ2) is 9.08. The fraction of sp³-hybridized carbons (Fsp3) is 0.417. The molecular formula is C24H29N3O3. The Balaban J connectivity index is 1.45. The van der Waals surface area contributed by atoms with Gasteiger partial charge in [-0.2, -0.15) is 0 Å². The lowest BCUT2D eigenvalue weighted by Gasteiger charge is -2.27. The number of hydrogen-bond donors (Lipinski definition) is 2. The molecule has 3 atom stereocenters. The van der Waals surface area contributed by atoms with E-state index >= 15 is 0 Å². The standard InChI is InChI=1S/C24H29N3O3/c1-17(27-15-21(22(28)16-27)26-13-7-8-14-26)24(30)25-20-12-6-5-11-19(20)23(29)18-9-3-2-4-10-18/h2-6,9-12,17,21-22,28H,7-8,13-16H2,1H3,(H,25,30)/t17-,21+,22+/m1/s1. The van der Waals surface area contributed by atoms with Crippen LogP contribution in [0.15, 0.2) is 54.6 Å². The number of para-hydroxylation sites is 1. The highest BCUT2D eigenvalue weighted by atomic mass is 16.3. The SMILES string of the molecule is C[C@H](C(=O)Nc1ccccc1C(=O)c1ccccc1)N1C[C@H](O)[C@@H](N2CCCC2)C1. The van der Waals surface area contributed by atoms with E-state index in [4.69, 9.17) is 0 Å². The van der Waals surface area contributed by atoms with Crippen molar-refractivity contribution in [3.63, 3.8) is 0 Å². The third-order valence-corrected chi connectivity index (χ3v) is 6.29. The Morgan fingerprint density at radius 3 is 2.40 bits per heavy atom. The van der Waals surface area contributed by atoms with E-state index in [-0.39, 0.29) is 17.7 Å². The van der Waals surface area contributed by atoms with Gasteiger partial charge in [0, 0.05) is 30.3 Å². The monoisotopic (exact) mass is 407 g/mol. The number of β-amino-alcohol motifs (C(OH)–C–C–N with tert-alkyl or cyclic N) is 1. The van der Waals surface area contributed by atoms with Gasteiger partial charge in [-0.05, 0) is 45.0 Å². The van der Waals surface area contributed by atoms with Crippen molar-refractivity contribution >= 4 is 17.4 Å². The van der Waals surface area contributed by atoms with E-state index in [9.17, 15) is 14.7 Å². The van der Waals surface area contributed by atoms with E-state index in [1.165, 1.54) is 12.8 Å². The number of anilines is 1. The van der Waals surface area contributed by atoms with Crippen molar-refractivity contribution in [3.8, 4) is 0 Å². The van der Waals surface area contributed by atoms with Gasteiger partial charge in [-0.15, -0.1) is 0 Å². The Bertz CT molecular complexity index is 896. The van der Waals surface area contributed by atoms with Gasteiger partial charge in [0.25, 0.3) is 0 Å². The molecule has 2 N–H and O–H groups in total. The van der Waals surface area contributed by atoms with Gasteiger partial charge in [0.1, 0.15) is 0 Å². The third-order valence-electron chi connectivity index (χ3n) is 6.29. The zero-order chi connectivity index (χ0) is 21.1. The number of hydrogen-bond acceptors (Lipinski definition) is 5. The summed E-state index contributed by atoms with van der Waals surface area (Å²) in [5.74, 6) is -0.289. The Hall–Kier alpha value is -2.54. The molecule has 0 aromatic heterocycles. The molecule has 0 radical (unpaired) electrons. The normalized spacial score (nSPS) is 23.4. The van der Waals surface area contributed by atoms with E-state index in [1.54, 1.807) is 30.3 Å². The van der Waals surface area contributed by atoms with Crippen LogP contribution in [0.5, 0.6) is 0 Å². The molecule has 2 aromatic rings. The zero-order valence-corrected chi connectivity index (χ0v) is 17.3. The molecule has 6 heteroatoms. The van der Waals surface area contributed by atoms with Crippen LogP contribution in [-0.2, 0) is 4.79 Å². The van der Waals surface area contributed by atoms with Crippen LogP contribution in [0, 0.1) is 0 Å². The first-order chi connectivity index (χ1) is 14.5. The minimum Gasteiger partial charge on any atom is -0.390 e. The molecule has 0 spiro atoms. The quantitative estimate of drug-likeness (QED) is 0.720. The number of aliphatic hydroxyl groups is 1. The van der Waals surface area contributed by atoms with Crippen molar-refractivity contribution in [2.45, 2.75) is 38.0 Å². The molecule has 1 amide bonds. The minimum absolute atomic E-state index is 0.0923. The molecule has 0 aliphatic carbocycles. The fourth-order valence-corrected chi connectivity index (χ4v) is 4.48. The first-order valence-corrected chi connectivity index (χ1v) is 10.7. The number of aliphatic hydroxyl groups excluding tert-OH is 1. The lowest BCUT2D eigenvalue weighted by molar-refractivity contribution is -0.120. The predicted octanol–water partition coefficient (Wildman–Crippen LogP) is 2.39. The van der Waals surface area contributed by atoms with Gasteiger partial charge in [0.2, 0.25) is 5.91 Å². The summed E-state index contributed by atoms with van der Waals surface area (Å²) >= 11 is 0. The Labute approximate surface area is 177 Å². The molecule has 158 valence electrons. The maximum Gasteiger partial charge on any atom is 0.241 e. The van der Waals surface area contributed by atoms with Crippen molar-refractivity contribution in [3.05, 3.63) is 65.7 Å². The Morgan fingerprint density at radius 1 is 1.00 bits per heavy atom. The van der Waals surface area contributed by atoms with Gasteiger partial charge in [-0.3, -0.25) is 19.4 Å². The molecule has 2 fully saturated rings. The summed E-state index contributed by atoms with van der Waals surface area (Å²) in [5, 5.41) is 13.5. The van der Waals surface area contributed by atoms with Crippen LogP contribution in [0.1, 0.15) is 35.7 Å². The molecular weight excluding hydrogens is 378 g/mol. The van der Waals surface area contributed by atoms with E-state index in [1.807, 2.05) is 36.1 Å². The molecule has 0 unspecified atom stereocenters. The van der Waals surface area contributed by atoms with Gasteiger partial charge in [0.05, 0.1) is 17.8 Å². The van der Waals surface area contributed by atoms with E-state index < -0.39 is 12.1 Å². The van der Waals surface area contributed by atoms with Gasteiger partial charge >= 0.3 is 0 Å². The summed E-state index contributed by atoms with van der Waals surface area (Å²) in [6.45, 7) is 5.06. The van der Waals surface area contributed by atoms with Crippen LogP contribution < -0.4 is 5.32 Å². The number of nitrogens with zero attached hydrogens (tertiary/aromatic N) is 2. The highest BCUT2D eigenvalue weighted by Crippen LogP contribution is 2.24. The Morgan fingerprint density at radius 2 is 1.67 bits per heavy atom. The average Bonchev–Trinajstić information content (AvgIpc) is 3.43. The molecule has 0 bridgehead atoms. The van der Waals surface area contributed by atoms with Crippen LogP contribution >= 0.6 is 0 Å². The number of likely N-dealkylation sites (tertiary alicyclic amines) is 2. The lowest BCUT2D eigenvalue weighted by Crippen LogP contribution is -2.43. The number of ketones is 1. The molecule has 2 aromatic carbocycles. The van der Waals surface area contributed by atoms with Crippen molar-refractivity contribution in [2.75, 3.05) is 31.5 Å². The lowest BCUT2D eigenvalue weighted by atomic mass is 10.0. The van der Waals surface area contributed by atoms with Crippen LogP contribution in [0.2, 0.25) is 0 Å². The molecule has 2 aliphatic heterocycles. The average molecular weight is 408 g/mol.